The number of para-hydroxylation sites is 2. The molecule has 116 valence electrons. The van der Waals surface area contributed by atoms with Gasteiger partial charge in [0.05, 0.1) is 22.5 Å². The van der Waals surface area contributed by atoms with Gasteiger partial charge in [0.1, 0.15) is 5.69 Å². The van der Waals surface area contributed by atoms with Crippen molar-refractivity contribution in [1.82, 2.24) is 14.3 Å². The summed E-state index contributed by atoms with van der Waals surface area (Å²) in [7, 11) is 0. The molecule has 0 N–H and O–H groups in total. The van der Waals surface area contributed by atoms with Gasteiger partial charge < -0.3 is 4.52 Å². The molecule has 0 radical (unpaired) electrons. The summed E-state index contributed by atoms with van der Waals surface area (Å²) in [6, 6.07) is 13.7. The van der Waals surface area contributed by atoms with Crippen LogP contribution in [0.1, 0.15) is 12.6 Å². The number of thiophene rings is 1. The molecule has 0 amide bonds. The van der Waals surface area contributed by atoms with E-state index in [1.807, 2.05) is 54.8 Å². The van der Waals surface area contributed by atoms with Crippen molar-refractivity contribution in [2.45, 2.75) is 20.0 Å². The van der Waals surface area contributed by atoms with E-state index in [9.17, 15) is 4.79 Å². The molecule has 0 aliphatic carbocycles. The first kappa shape index (κ1) is 14.0. The number of hydrogen-bond acceptors (Lipinski definition) is 4. The maximum atomic E-state index is 12.6. The van der Waals surface area contributed by atoms with Gasteiger partial charge in [-0.3, -0.25) is 9.13 Å². The summed E-state index contributed by atoms with van der Waals surface area (Å²) in [5.74, 6) is 0.738. The molecule has 0 fully saturated rings. The SMILES string of the molecule is CCn1c(=O)n(Cc2cc(-c3cccs3)on2)c2ccccc21. The van der Waals surface area contributed by atoms with Gasteiger partial charge in [0.15, 0.2) is 5.76 Å². The zero-order valence-electron chi connectivity index (χ0n) is 12.6. The second kappa shape index (κ2) is 5.55. The number of benzene rings is 1. The molecular weight excluding hydrogens is 310 g/mol. The number of aryl methyl sites for hydroxylation is 1. The van der Waals surface area contributed by atoms with E-state index >= 15 is 0 Å². The van der Waals surface area contributed by atoms with E-state index in [0.717, 1.165) is 27.4 Å². The second-order valence-electron chi connectivity index (χ2n) is 5.26. The average Bonchev–Trinajstić information content (AvgIpc) is 3.29. The Morgan fingerprint density at radius 1 is 1.13 bits per heavy atom. The molecule has 0 aliphatic rings. The lowest BCUT2D eigenvalue weighted by Gasteiger charge is -1.98. The number of rotatable bonds is 4. The van der Waals surface area contributed by atoms with E-state index in [2.05, 4.69) is 5.16 Å². The van der Waals surface area contributed by atoms with Crippen LogP contribution in [0.15, 0.2) is 57.2 Å². The average molecular weight is 325 g/mol. The van der Waals surface area contributed by atoms with E-state index in [0.29, 0.717) is 13.1 Å². The molecule has 4 aromatic rings. The predicted octanol–water partition coefficient (Wildman–Crippen LogP) is 3.59. The molecule has 4 rings (SSSR count). The molecule has 3 heterocycles. The first-order valence-corrected chi connectivity index (χ1v) is 8.33. The normalized spacial score (nSPS) is 11.3. The highest BCUT2D eigenvalue weighted by molar-refractivity contribution is 7.13. The highest BCUT2D eigenvalue weighted by atomic mass is 32.1. The third-order valence-corrected chi connectivity index (χ3v) is 4.77. The fraction of sp³-hybridized carbons (Fsp3) is 0.176. The van der Waals surface area contributed by atoms with Crippen LogP contribution >= 0.6 is 11.3 Å². The smallest absolute Gasteiger partial charge is 0.329 e. The van der Waals surface area contributed by atoms with Crippen molar-refractivity contribution in [3.63, 3.8) is 0 Å². The third kappa shape index (κ3) is 2.31. The van der Waals surface area contributed by atoms with Crippen LogP contribution in [0.3, 0.4) is 0 Å². The van der Waals surface area contributed by atoms with Crippen LogP contribution in [0, 0.1) is 0 Å². The van der Waals surface area contributed by atoms with E-state index in [1.54, 1.807) is 20.5 Å². The van der Waals surface area contributed by atoms with Gasteiger partial charge in [-0.1, -0.05) is 23.4 Å². The summed E-state index contributed by atoms with van der Waals surface area (Å²) in [4.78, 5) is 13.7. The molecule has 0 bridgehead atoms. The van der Waals surface area contributed by atoms with E-state index in [1.165, 1.54) is 0 Å². The van der Waals surface area contributed by atoms with Crippen LogP contribution in [0.25, 0.3) is 21.7 Å². The maximum Gasteiger partial charge on any atom is 0.329 e. The summed E-state index contributed by atoms with van der Waals surface area (Å²) in [5, 5.41) is 6.11. The van der Waals surface area contributed by atoms with Crippen LogP contribution in [0.4, 0.5) is 0 Å². The highest BCUT2D eigenvalue weighted by Gasteiger charge is 2.14. The quantitative estimate of drug-likeness (QED) is 0.576. The molecule has 23 heavy (non-hydrogen) atoms. The molecule has 0 spiro atoms. The standard InChI is InChI=1S/C17H15N3O2S/c1-2-19-13-6-3-4-7-14(13)20(17(19)21)11-12-10-15(22-18-12)16-8-5-9-23-16/h3-10H,2,11H2,1H3. The molecule has 3 aromatic heterocycles. The van der Waals surface area contributed by atoms with E-state index < -0.39 is 0 Å². The lowest BCUT2D eigenvalue weighted by Crippen LogP contribution is -2.24. The monoisotopic (exact) mass is 325 g/mol. The van der Waals surface area contributed by atoms with Gasteiger partial charge in [0, 0.05) is 12.6 Å². The zero-order chi connectivity index (χ0) is 15.8. The van der Waals surface area contributed by atoms with Gasteiger partial charge in [0.2, 0.25) is 0 Å². The van der Waals surface area contributed by atoms with Crippen molar-refractivity contribution in [2.75, 3.05) is 0 Å². The molecule has 6 heteroatoms. The van der Waals surface area contributed by atoms with Gasteiger partial charge in [-0.15, -0.1) is 11.3 Å². The van der Waals surface area contributed by atoms with Gasteiger partial charge in [0.25, 0.3) is 0 Å². The van der Waals surface area contributed by atoms with Crippen molar-refractivity contribution in [1.29, 1.82) is 0 Å². The fourth-order valence-electron chi connectivity index (χ4n) is 2.81. The highest BCUT2D eigenvalue weighted by Crippen LogP contribution is 2.25. The fourth-order valence-corrected chi connectivity index (χ4v) is 3.49. The Balaban J connectivity index is 1.76. The first-order chi connectivity index (χ1) is 11.3. The Morgan fingerprint density at radius 3 is 2.61 bits per heavy atom. The molecule has 1 aromatic carbocycles. The Hall–Kier alpha value is -2.60. The lowest BCUT2D eigenvalue weighted by atomic mass is 10.3. The largest absolute Gasteiger partial charge is 0.355 e. The van der Waals surface area contributed by atoms with Crippen LogP contribution in [-0.4, -0.2) is 14.3 Å². The lowest BCUT2D eigenvalue weighted by molar-refractivity contribution is 0.422. The summed E-state index contributed by atoms with van der Waals surface area (Å²) in [6.45, 7) is 3.02. The molecule has 0 saturated heterocycles. The molecule has 0 aliphatic heterocycles. The number of nitrogens with zero attached hydrogens (tertiary/aromatic N) is 3. The van der Waals surface area contributed by atoms with Gasteiger partial charge in [-0.25, -0.2) is 4.79 Å². The third-order valence-electron chi connectivity index (χ3n) is 3.88. The van der Waals surface area contributed by atoms with E-state index in [4.69, 9.17) is 4.52 Å². The van der Waals surface area contributed by atoms with Crippen molar-refractivity contribution >= 4 is 22.4 Å². The van der Waals surface area contributed by atoms with Gasteiger partial charge in [-0.2, -0.15) is 0 Å². The Morgan fingerprint density at radius 2 is 1.91 bits per heavy atom. The van der Waals surface area contributed by atoms with Gasteiger partial charge in [-0.05, 0) is 30.5 Å². The Kier molecular flexibility index (Phi) is 3.38. The number of fused-ring (bicyclic) bond motifs is 1. The van der Waals surface area contributed by atoms with E-state index in [-0.39, 0.29) is 5.69 Å². The Labute approximate surface area is 136 Å². The van der Waals surface area contributed by atoms with Gasteiger partial charge >= 0.3 is 5.69 Å². The summed E-state index contributed by atoms with van der Waals surface area (Å²) >= 11 is 1.60. The van der Waals surface area contributed by atoms with Crippen molar-refractivity contribution in [2.24, 2.45) is 0 Å². The van der Waals surface area contributed by atoms with Crippen LogP contribution in [0.5, 0.6) is 0 Å². The van der Waals surface area contributed by atoms with Crippen LogP contribution < -0.4 is 5.69 Å². The summed E-state index contributed by atoms with van der Waals surface area (Å²) in [6.07, 6.45) is 0. The second-order valence-corrected chi connectivity index (χ2v) is 6.21. The summed E-state index contributed by atoms with van der Waals surface area (Å²) in [5.41, 5.74) is 2.59. The first-order valence-electron chi connectivity index (χ1n) is 7.45. The molecule has 0 unspecified atom stereocenters. The van der Waals surface area contributed by atoms with Crippen molar-refractivity contribution < 1.29 is 4.52 Å². The molecule has 5 nitrogen and oxygen atoms in total. The number of aromatic nitrogens is 3. The molecular formula is C17H15N3O2S. The molecule has 0 atom stereocenters. The van der Waals surface area contributed by atoms with Crippen molar-refractivity contribution in [3.05, 3.63) is 64.0 Å². The minimum Gasteiger partial charge on any atom is -0.355 e. The van der Waals surface area contributed by atoms with Crippen LogP contribution in [-0.2, 0) is 13.1 Å². The number of imidazole rings is 1. The predicted molar refractivity (Wildman–Crippen MR) is 90.8 cm³/mol. The topological polar surface area (TPSA) is 53.0 Å². The Bertz CT molecular complexity index is 1010. The van der Waals surface area contributed by atoms with Crippen molar-refractivity contribution in [3.8, 4) is 10.6 Å². The minimum atomic E-state index is -0.0191. The van der Waals surface area contributed by atoms with Crippen LogP contribution in [0.2, 0.25) is 0 Å². The zero-order valence-corrected chi connectivity index (χ0v) is 13.4. The molecule has 0 saturated carbocycles. The minimum absolute atomic E-state index is 0.0191. The summed E-state index contributed by atoms with van der Waals surface area (Å²) < 4.78 is 8.92. The number of hydrogen-bond donors (Lipinski definition) is 0. The maximum absolute atomic E-state index is 12.6.